The first-order valence-electron chi connectivity index (χ1n) is 10.0. The smallest absolute Gasteiger partial charge is 0.253 e. The summed E-state index contributed by atoms with van der Waals surface area (Å²) in [6, 6.07) is 16.6. The van der Waals surface area contributed by atoms with E-state index in [4.69, 9.17) is 10.00 Å². The monoisotopic (exact) mass is 418 g/mol. The van der Waals surface area contributed by atoms with Crippen molar-refractivity contribution in [3.8, 4) is 11.8 Å². The number of nitrogens with zero attached hydrogens (tertiary/aromatic N) is 6. The molecule has 1 aliphatic heterocycles. The van der Waals surface area contributed by atoms with E-state index in [-0.39, 0.29) is 25.0 Å². The number of nitriles is 1. The minimum absolute atomic E-state index is 0.0139. The molecule has 0 spiro atoms. The second-order valence-corrected chi connectivity index (χ2v) is 7.45. The first-order chi connectivity index (χ1) is 15.1. The fourth-order valence-corrected chi connectivity index (χ4v) is 3.63. The van der Waals surface area contributed by atoms with Gasteiger partial charge in [-0.1, -0.05) is 12.1 Å². The number of ether oxygens (including phenoxy) is 1. The van der Waals surface area contributed by atoms with Crippen molar-refractivity contribution < 1.29 is 14.6 Å². The molecule has 2 atom stereocenters. The van der Waals surface area contributed by atoms with E-state index < -0.39 is 6.10 Å². The van der Waals surface area contributed by atoms with Gasteiger partial charge in [0.25, 0.3) is 5.91 Å². The normalized spacial score (nSPS) is 16.6. The quantitative estimate of drug-likeness (QED) is 0.619. The number of carbonyl (C=O) groups excluding carboxylic acids is 1. The van der Waals surface area contributed by atoms with E-state index >= 15 is 0 Å². The van der Waals surface area contributed by atoms with Crippen LogP contribution in [0.15, 0.2) is 54.9 Å². The Labute approximate surface area is 179 Å². The van der Waals surface area contributed by atoms with Gasteiger partial charge in [-0.2, -0.15) is 10.1 Å². The lowest BCUT2D eigenvalue weighted by atomic mass is 9.97. The summed E-state index contributed by atoms with van der Waals surface area (Å²) in [7, 11) is 0. The lowest BCUT2D eigenvalue weighted by Crippen LogP contribution is -2.28. The Morgan fingerprint density at radius 1 is 1.23 bits per heavy atom. The van der Waals surface area contributed by atoms with Gasteiger partial charge in [0.05, 0.1) is 18.2 Å². The van der Waals surface area contributed by atoms with Gasteiger partial charge >= 0.3 is 0 Å². The lowest BCUT2D eigenvalue weighted by Gasteiger charge is -2.17. The van der Waals surface area contributed by atoms with E-state index in [2.05, 4.69) is 21.5 Å². The standard InChI is InChI=1S/C22H22N6O3/c23-11-16-1-3-17(4-2-16)19-9-10-27(12-19)22(30)18-5-7-21(8-6-18)31-14-20(29)13-28-25-15-24-26-28/h1-8,15,19-20,29H,9-10,12-14H2. The molecule has 0 saturated carbocycles. The van der Waals surface area contributed by atoms with Crippen LogP contribution in [0, 0.1) is 11.3 Å². The molecule has 3 aromatic rings. The zero-order chi connectivity index (χ0) is 21.6. The van der Waals surface area contributed by atoms with E-state index in [1.54, 1.807) is 24.3 Å². The van der Waals surface area contributed by atoms with Crippen LogP contribution in [0.25, 0.3) is 0 Å². The molecule has 2 aromatic carbocycles. The molecule has 1 amide bonds. The number of carbonyl (C=O) groups is 1. The largest absolute Gasteiger partial charge is 0.491 e. The molecule has 0 bridgehead atoms. The van der Waals surface area contributed by atoms with Crippen molar-refractivity contribution in [3.63, 3.8) is 0 Å². The van der Waals surface area contributed by atoms with E-state index in [1.165, 1.54) is 11.1 Å². The van der Waals surface area contributed by atoms with Gasteiger partial charge in [0.2, 0.25) is 0 Å². The maximum Gasteiger partial charge on any atom is 0.253 e. The van der Waals surface area contributed by atoms with E-state index in [0.717, 1.165) is 12.0 Å². The Bertz CT molecular complexity index is 1040. The number of aliphatic hydroxyl groups excluding tert-OH is 1. The number of amides is 1. The average molecular weight is 418 g/mol. The third kappa shape index (κ3) is 5.05. The summed E-state index contributed by atoms with van der Waals surface area (Å²) in [5, 5.41) is 30.0. The zero-order valence-electron chi connectivity index (χ0n) is 16.8. The summed E-state index contributed by atoms with van der Waals surface area (Å²) in [6.07, 6.45) is 1.42. The number of likely N-dealkylation sites (tertiary alicyclic amines) is 1. The molecule has 31 heavy (non-hydrogen) atoms. The fraction of sp³-hybridized carbons (Fsp3) is 0.318. The molecule has 0 radical (unpaired) electrons. The summed E-state index contributed by atoms with van der Waals surface area (Å²) >= 11 is 0. The molecule has 2 unspecified atom stereocenters. The maximum atomic E-state index is 12.9. The Morgan fingerprint density at radius 2 is 2.00 bits per heavy atom. The highest BCUT2D eigenvalue weighted by molar-refractivity contribution is 5.94. The fourth-order valence-electron chi connectivity index (χ4n) is 3.63. The summed E-state index contributed by atoms with van der Waals surface area (Å²) < 4.78 is 5.58. The second kappa shape index (κ2) is 9.36. The molecule has 0 aliphatic carbocycles. The third-order valence-electron chi connectivity index (χ3n) is 5.30. The number of hydrogen-bond acceptors (Lipinski definition) is 7. The van der Waals surface area contributed by atoms with Crippen molar-refractivity contribution in [2.24, 2.45) is 0 Å². The first kappa shape index (κ1) is 20.5. The summed E-state index contributed by atoms with van der Waals surface area (Å²) in [5.74, 6) is 0.833. The van der Waals surface area contributed by atoms with Crippen LogP contribution >= 0.6 is 0 Å². The minimum atomic E-state index is -0.778. The van der Waals surface area contributed by atoms with Gasteiger partial charge < -0.3 is 14.7 Å². The molecule has 1 N–H and O–H groups in total. The predicted octanol–water partition coefficient (Wildman–Crippen LogP) is 1.61. The Hall–Kier alpha value is -3.77. The molecule has 9 heteroatoms. The highest BCUT2D eigenvalue weighted by Gasteiger charge is 2.28. The number of aliphatic hydroxyl groups is 1. The van der Waals surface area contributed by atoms with Crippen LogP contribution in [0.2, 0.25) is 0 Å². The van der Waals surface area contributed by atoms with Gasteiger partial charge in [-0.3, -0.25) is 4.79 Å². The van der Waals surface area contributed by atoms with Crippen molar-refractivity contribution in [2.45, 2.75) is 25.0 Å². The van der Waals surface area contributed by atoms with Gasteiger partial charge in [0, 0.05) is 24.6 Å². The zero-order valence-corrected chi connectivity index (χ0v) is 16.8. The van der Waals surface area contributed by atoms with Crippen LogP contribution in [0.5, 0.6) is 5.75 Å². The van der Waals surface area contributed by atoms with Gasteiger partial charge in [-0.15, -0.1) is 10.2 Å². The number of rotatable bonds is 7. The molecule has 9 nitrogen and oxygen atoms in total. The average Bonchev–Trinajstić information content (AvgIpc) is 3.50. The Balaban J connectivity index is 1.29. The molecular weight excluding hydrogens is 396 g/mol. The Kier molecular flexibility index (Phi) is 6.19. The first-order valence-corrected chi connectivity index (χ1v) is 10.0. The molecule has 1 aliphatic rings. The van der Waals surface area contributed by atoms with E-state index in [9.17, 15) is 9.90 Å². The van der Waals surface area contributed by atoms with Crippen LogP contribution in [0.4, 0.5) is 0 Å². The number of aromatic nitrogens is 4. The summed E-state index contributed by atoms with van der Waals surface area (Å²) in [4.78, 5) is 16.0. The molecular formula is C22H22N6O3. The van der Waals surface area contributed by atoms with Gasteiger partial charge in [-0.25, -0.2) is 0 Å². The van der Waals surface area contributed by atoms with Gasteiger partial charge in [0.15, 0.2) is 6.33 Å². The summed E-state index contributed by atoms with van der Waals surface area (Å²) in [6.45, 7) is 1.62. The molecule has 1 saturated heterocycles. The second-order valence-electron chi connectivity index (χ2n) is 7.45. The number of hydrogen-bond donors (Lipinski definition) is 1. The van der Waals surface area contributed by atoms with Crippen molar-refractivity contribution in [3.05, 3.63) is 71.5 Å². The van der Waals surface area contributed by atoms with Crippen LogP contribution in [0.3, 0.4) is 0 Å². The number of tetrazole rings is 1. The Morgan fingerprint density at radius 3 is 2.68 bits per heavy atom. The van der Waals surface area contributed by atoms with Crippen molar-refractivity contribution >= 4 is 5.91 Å². The van der Waals surface area contributed by atoms with Crippen LogP contribution in [0.1, 0.15) is 33.8 Å². The van der Waals surface area contributed by atoms with E-state index in [1.807, 2.05) is 29.2 Å². The third-order valence-corrected chi connectivity index (χ3v) is 5.30. The topological polar surface area (TPSA) is 117 Å². The maximum absolute atomic E-state index is 12.9. The molecule has 1 fully saturated rings. The lowest BCUT2D eigenvalue weighted by molar-refractivity contribution is 0.0788. The van der Waals surface area contributed by atoms with Crippen molar-refractivity contribution in [1.82, 2.24) is 25.1 Å². The molecule has 158 valence electrons. The van der Waals surface area contributed by atoms with Gasteiger partial charge in [-0.05, 0) is 53.6 Å². The van der Waals surface area contributed by atoms with Crippen LogP contribution in [-0.2, 0) is 6.54 Å². The highest BCUT2D eigenvalue weighted by Crippen LogP contribution is 2.28. The predicted molar refractivity (Wildman–Crippen MR) is 110 cm³/mol. The van der Waals surface area contributed by atoms with Crippen LogP contribution in [-0.4, -0.2) is 61.9 Å². The van der Waals surface area contributed by atoms with Crippen molar-refractivity contribution in [1.29, 1.82) is 5.26 Å². The molecule has 2 heterocycles. The SMILES string of the molecule is N#Cc1ccc(C2CCN(C(=O)c3ccc(OCC(O)Cn4ncnn4)cc3)C2)cc1. The molecule has 1 aromatic heterocycles. The van der Waals surface area contributed by atoms with E-state index in [0.29, 0.717) is 30.0 Å². The highest BCUT2D eigenvalue weighted by atomic mass is 16.5. The number of benzene rings is 2. The van der Waals surface area contributed by atoms with Crippen molar-refractivity contribution in [2.75, 3.05) is 19.7 Å². The molecule has 4 rings (SSSR count). The minimum Gasteiger partial charge on any atom is -0.491 e. The van der Waals surface area contributed by atoms with Gasteiger partial charge in [0.1, 0.15) is 18.5 Å². The summed E-state index contributed by atoms with van der Waals surface area (Å²) in [5.41, 5.74) is 2.39. The van der Waals surface area contributed by atoms with Crippen LogP contribution < -0.4 is 4.74 Å².